The zero-order valence-corrected chi connectivity index (χ0v) is 17.8. The second kappa shape index (κ2) is 9.67. The minimum atomic E-state index is -0.300. The lowest BCUT2D eigenvalue weighted by molar-refractivity contribution is -0.134. The fourth-order valence-electron chi connectivity index (χ4n) is 4.20. The summed E-state index contributed by atoms with van der Waals surface area (Å²) in [4.78, 5) is 17.4. The topological polar surface area (TPSA) is 56.8 Å². The van der Waals surface area contributed by atoms with Gasteiger partial charge in [0.05, 0.1) is 18.3 Å². The summed E-state index contributed by atoms with van der Waals surface area (Å²) >= 11 is 5.53. The van der Waals surface area contributed by atoms with E-state index in [-0.39, 0.29) is 17.6 Å². The number of piperidine rings is 1. The molecule has 154 valence electrons. The van der Waals surface area contributed by atoms with Crippen LogP contribution in [0.5, 0.6) is 0 Å². The first kappa shape index (κ1) is 21.0. The largest absolute Gasteiger partial charge is 0.383 e. The van der Waals surface area contributed by atoms with Crippen LogP contribution in [0.1, 0.15) is 31.7 Å². The first-order chi connectivity index (χ1) is 13.6. The fourth-order valence-corrected chi connectivity index (χ4v) is 4.48. The molecule has 2 aliphatic rings. The molecule has 2 heterocycles. The van der Waals surface area contributed by atoms with Crippen LogP contribution in [0.15, 0.2) is 30.3 Å². The summed E-state index contributed by atoms with van der Waals surface area (Å²) in [6.07, 6.45) is 3.49. The number of hydrogen-bond acceptors (Lipinski definition) is 4. The third kappa shape index (κ3) is 4.64. The number of ether oxygens (including phenoxy) is 1. The van der Waals surface area contributed by atoms with E-state index in [1.165, 1.54) is 5.56 Å². The van der Waals surface area contributed by atoms with Crippen molar-refractivity contribution in [3.8, 4) is 0 Å². The number of carbonyl (C=O) groups excluding carboxylic acids is 1. The SMILES string of the molecule is CCCNC(=S)N1CCC2(CC1)N[C@H](Cc1ccccc1)C(=O)N2CCOC. The monoisotopic (exact) mass is 404 g/mol. The van der Waals surface area contributed by atoms with Crippen LogP contribution in [0.25, 0.3) is 0 Å². The van der Waals surface area contributed by atoms with E-state index in [9.17, 15) is 4.79 Å². The van der Waals surface area contributed by atoms with Gasteiger partial charge in [-0.3, -0.25) is 10.1 Å². The highest BCUT2D eigenvalue weighted by Gasteiger charge is 2.51. The van der Waals surface area contributed by atoms with Gasteiger partial charge in [-0.25, -0.2) is 0 Å². The van der Waals surface area contributed by atoms with Gasteiger partial charge in [0.15, 0.2) is 5.11 Å². The van der Waals surface area contributed by atoms with Crippen LogP contribution in [0.4, 0.5) is 0 Å². The summed E-state index contributed by atoms with van der Waals surface area (Å²) in [5.41, 5.74) is 0.880. The first-order valence-electron chi connectivity index (χ1n) is 10.2. The quantitative estimate of drug-likeness (QED) is 0.676. The van der Waals surface area contributed by atoms with E-state index in [0.29, 0.717) is 19.6 Å². The Morgan fingerprint density at radius 1 is 1.32 bits per heavy atom. The molecule has 0 aliphatic carbocycles. The summed E-state index contributed by atoms with van der Waals surface area (Å²) < 4.78 is 5.28. The molecule has 1 atom stereocenters. The van der Waals surface area contributed by atoms with Gasteiger partial charge in [-0.1, -0.05) is 37.3 Å². The minimum Gasteiger partial charge on any atom is -0.383 e. The third-order valence-electron chi connectivity index (χ3n) is 5.73. The Hall–Kier alpha value is -1.70. The molecular weight excluding hydrogens is 372 g/mol. The Balaban J connectivity index is 1.69. The van der Waals surface area contributed by atoms with Crippen molar-refractivity contribution in [1.82, 2.24) is 20.4 Å². The van der Waals surface area contributed by atoms with Crippen LogP contribution in [-0.4, -0.2) is 72.4 Å². The molecule has 1 aromatic carbocycles. The number of hydrogen-bond donors (Lipinski definition) is 2. The average molecular weight is 405 g/mol. The van der Waals surface area contributed by atoms with Crippen LogP contribution < -0.4 is 10.6 Å². The van der Waals surface area contributed by atoms with Gasteiger partial charge < -0.3 is 19.9 Å². The first-order valence-corrected chi connectivity index (χ1v) is 10.7. The number of nitrogens with zero attached hydrogens (tertiary/aromatic N) is 2. The Morgan fingerprint density at radius 2 is 2.04 bits per heavy atom. The van der Waals surface area contributed by atoms with Gasteiger partial charge in [-0.15, -0.1) is 0 Å². The minimum absolute atomic E-state index is 0.182. The highest BCUT2D eigenvalue weighted by Crippen LogP contribution is 2.33. The number of rotatable bonds is 7. The number of carbonyl (C=O) groups is 1. The Kier molecular flexibility index (Phi) is 7.26. The summed E-state index contributed by atoms with van der Waals surface area (Å²) in [5.74, 6) is 0.182. The Bertz CT molecular complexity index is 662. The standard InChI is InChI=1S/C21H32N4O2S/c1-3-11-22-20(28)24-12-9-21(10-13-24)23-18(16-17-7-5-4-6-8-17)19(26)25(21)14-15-27-2/h4-8,18,23H,3,9-16H2,1-2H3,(H,22,28)/t18-/m1/s1. The molecule has 0 aromatic heterocycles. The van der Waals surface area contributed by atoms with Crippen LogP contribution in [0, 0.1) is 0 Å². The maximum atomic E-state index is 13.2. The zero-order valence-electron chi connectivity index (χ0n) is 16.9. The fraction of sp³-hybridized carbons (Fsp3) is 0.619. The van der Waals surface area contributed by atoms with Crippen LogP contribution in [0.2, 0.25) is 0 Å². The second-order valence-corrected chi connectivity index (χ2v) is 8.01. The zero-order chi connectivity index (χ0) is 20.0. The average Bonchev–Trinajstić information content (AvgIpc) is 2.96. The van der Waals surface area contributed by atoms with E-state index in [1.54, 1.807) is 7.11 Å². The van der Waals surface area contributed by atoms with Crippen LogP contribution >= 0.6 is 12.2 Å². The third-order valence-corrected chi connectivity index (χ3v) is 6.13. The summed E-state index contributed by atoms with van der Waals surface area (Å²) in [7, 11) is 1.68. The molecule has 0 radical (unpaired) electrons. The Labute approximate surface area is 173 Å². The lowest BCUT2D eigenvalue weighted by Crippen LogP contribution is -2.60. The molecule has 0 unspecified atom stereocenters. The number of amides is 1. The predicted octanol–water partition coefficient (Wildman–Crippen LogP) is 1.75. The van der Waals surface area contributed by atoms with E-state index in [4.69, 9.17) is 17.0 Å². The van der Waals surface area contributed by atoms with Gasteiger partial charge in [0, 0.05) is 46.1 Å². The Morgan fingerprint density at radius 3 is 2.68 bits per heavy atom. The molecule has 6 nitrogen and oxygen atoms in total. The van der Waals surface area contributed by atoms with Crippen molar-refractivity contribution >= 4 is 23.2 Å². The van der Waals surface area contributed by atoms with Crippen molar-refractivity contribution in [2.24, 2.45) is 0 Å². The maximum Gasteiger partial charge on any atom is 0.241 e. The van der Waals surface area contributed by atoms with Crippen molar-refractivity contribution in [2.45, 2.75) is 44.3 Å². The van der Waals surface area contributed by atoms with Gasteiger partial charge in [-0.05, 0) is 30.6 Å². The molecule has 3 rings (SSSR count). The molecule has 1 amide bonds. The molecule has 2 aliphatic heterocycles. The normalized spacial score (nSPS) is 21.4. The van der Waals surface area contributed by atoms with Crippen molar-refractivity contribution in [1.29, 1.82) is 0 Å². The van der Waals surface area contributed by atoms with Gasteiger partial charge >= 0.3 is 0 Å². The lowest BCUT2D eigenvalue weighted by atomic mass is 9.96. The number of thiocarbonyl (C=S) groups is 1. The molecule has 0 bridgehead atoms. The summed E-state index contributed by atoms with van der Waals surface area (Å²) in [6, 6.07) is 10.0. The highest BCUT2D eigenvalue weighted by molar-refractivity contribution is 7.80. The molecule has 2 N–H and O–H groups in total. The molecule has 7 heteroatoms. The van der Waals surface area contributed by atoms with Crippen molar-refractivity contribution in [3.63, 3.8) is 0 Å². The molecule has 0 saturated carbocycles. The summed E-state index contributed by atoms with van der Waals surface area (Å²) in [5, 5.41) is 7.83. The predicted molar refractivity (Wildman–Crippen MR) is 115 cm³/mol. The van der Waals surface area contributed by atoms with Crippen molar-refractivity contribution < 1.29 is 9.53 Å². The number of benzene rings is 1. The van der Waals surface area contributed by atoms with E-state index >= 15 is 0 Å². The highest BCUT2D eigenvalue weighted by atomic mass is 32.1. The number of nitrogens with one attached hydrogen (secondary N) is 2. The molecule has 1 aromatic rings. The lowest BCUT2D eigenvalue weighted by Gasteiger charge is -2.45. The molecule has 2 fully saturated rings. The van der Waals surface area contributed by atoms with Gasteiger partial charge in [-0.2, -0.15) is 0 Å². The maximum absolute atomic E-state index is 13.2. The van der Waals surface area contributed by atoms with Gasteiger partial charge in [0.1, 0.15) is 0 Å². The number of likely N-dealkylation sites (tertiary alicyclic amines) is 1. The van der Waals surface area contributed by atoms with Gasteiger partial charge in [0.2, 0.25) is 5.91 Å². The smallest absolute Gasteiger partial charge is 0.241 e. The number of methoxy groups -OCH3 is 1. The summed E-state index contributed by atoms with van der Waals surface area (Å²) in [6.45, 7) is 5.89. The van der Waals surface area contributed by atoms with Gasteiger partial charge in [0.25, 0.3) is 0 Å². The van der Waals surface area contributed by atoms with Crippen molar-refractivity contribution in [2.75, 3.05) is 39.9 Å². The van der Waals surface area contributed by atoms with E-state index in [1.807, 2.05) is 23.1 Å². The van der Waals surface area contributed by atoms with E-state index < -0.39 is 0 Å². The molecule has 1 spiro atoms. The van der Waals surface area contributed by atoms with E-state index in [2.05, 4.69) is 34.6 Å². The molecular formula is C21H32N4O2S. The molecule has 28 heavy (non-hydrogen) atoms. The second-order valence-electron chi connectivity index (χ2n) is 7.62. The van der Waals surface area contributed by atoms with Crippen molar-refractivity contribution in [3.05, 3.63) is 35.9 Å². The van der Waals surface area contributed by atoms with E-state index in [0.717, 1.165) is 44.0 Å². The van der Waals surface area contributed by atoms with Crippen LogP contribution in [0.3, 0.4) is 0 Å². The molecule has 2 saturated heterocycles. The van der Waals surface area contributed by atoms with Crippen LogP contribution in [-0.2, 0) is 16.0 Å².